The summed E-state index contributed by atoms with van der Waals surface area (Å²) in [5, 5.41) is 3.28. The smallest absolute Gasteiger partial charge is 0.264 e. The highest BCUT2D eigenvalue weighted by Gasteiger charge is 2.21. The Labute approximate surface area is 198 Å². The maximum Gasteiger partial charge on any atom is 0.264 e. The number of sulfonamides is 1. The molecule has 9 heteroatoms. The molecule has 0 aliphatic rings. The van der Waals surface area contributed by atoms with E-state index in [1.54, 1.807) is 48.5 Å². The molecule has 0 saturated carbocycles. The SMILES string of the molecule is CCOc1ccc(S(=O)(=O)N(C)c2ccc(OCC(=O)Nc3cc(Cl)ccc3C)cc2)cc1. The first-order valence-electron chi connectivity index (χ1n) is 10.2. The molecular weight excluding hydrogens is 464 g/mol. The van der Waals surface area contributed by atoms with Gasteiger partial charge in [0.05, 0.1) is 17.2 Å². The van der Waals surface area contributed by atoms with Crippen molar-refractivity contribution in [2.24, 2.45) is 0 Å². The monoisotopic (exact) mass is 488 g/mol. The van der Waals surface area contributed by atoms with Gasteiger partial charge in [0.2, 0.25) is 0 Å². The predicted octanol–water partition coefficient (Wildman–Crippen LogP) is 4.89. The summed E-state index contributed by atoms with van der Waals surface area (Å²) in [5.74, 6) is 0.707. The average molecular weight is 489 g/mol. The highest BCUT2D eigenvalue weighted by Crippen LogP contribution is 2.26. The molecule has 0 spiro atoms. The van der Waals surface area contributed by atoms with Gasteiger partial charge in [-0.25, -0.2) is 8.42 Å². The number of ether oxygens (including phenoxy) is 2. The highest BCUT2D eigenvalue weighted by atomic mass is 35.5. The number of benzene rings is 3. The summed E-state index contributed by atoms with van der Waals surface area (Å²) >= 11 is 5.97. The van der Waals surface area contributed by atoms with E-state index in [1.165, 1.54) is 23.5 Å². The zero-order valence-electron chi connectivity index (χ0n) is 18.5. The van der Waals surface area contributed by atoms with Crippen LogP contribution in [0, 0.1) is 6.92 Å². The van der Waals surface area contributed by atoms with Gasteiger partial charge in [-0.3, -0.25) is 9.10 Å². The number of carbonyl (C=O) groups is 1. The molecule has 3 aromatic rings. The Balaban J connectivity index is 1.61. The summed E-state index contributed by atoms with van der Waals surface area (Å²) in [7, 11) is -2.27. The molecule has 3 rings (SSSR count). The van der Waals surface area contributed by atoms with Crippen LogP contribution in [0.1, 0.15) is 12.5 Å². The number of aryl methyl sites for hydroxylation is 1. The molecule has 0 saturated heterocycles. The minimum atomic E-state index is -3.74. The molecule has 0 fully saturated rings. The number of carbonyl (C=O) groups excluding carboxylic acids is 1. The summed E-state index contributed by atoms with van der Waals surface area (Å²) in [4.78, 5) is 12.4. The molecule has 0 heterocycles. The van der Waals surface area contributed by atoms with Crippen molar-refractivity contribution in [1.29, 1.82) is 0 Å². The van der Waals surface area contributed by atoms with Crippen LogP contribution in [0.25, 0.3) is 0 Å². The van der Waals surface area contributed by atoms with Crippen LogP contribution < -0.4 is 19.1 Å². The Hall–Kier alpha value is -3.23. The third-order valence-corrected chi connectivity index (χ3v) is 6.87. The van der Waals surface area contributed by atoms with E-state index in [-0.39, 0.29) is 17.4 Å². The van der Waals surface area contributed by atoms with Gasteiger partial charge in [0.25, 0.3) is 15.9 Å². The Morgan fingerprint density at radius 1 is 0.970 bits per heavy atom. The van der Waals surface area contributed by atoms with Crippen molar-refractivity contribution in [1.82, 2.24) is 0 Å². The minimum absolute atomic E-state index is 0.154. The van der Waals surface area contributed by atoms with Crippen molar-refractivity contribution in [3.8, 4) is 11.5 Å². The number of amides is 1. The van der Waals surface area contributed by atoms with Crippen LogP contribution in [0.4, 0.5) is 11.4 Å². The zero-order chi connectivity index (χ0) is 24.0. The second kappa shape index (κ2) is 10.6. The highest BCUT2D eigenvalue weighted by molar-refractivity contribution is 7.92. The second-order valence-electron chi connectivity index (χ2n) is 7.17. The molecule has 0 aromatic heterocycles. The summed E-state index contributed by atoms with van der Waals surface area (Å²) in [6.45, 7) is 4.02. The molecule has 0 radical (unpaired) electrons. The van der Waals surface area contributed by atoms with E-state index in [0.717, 1.165) is 5.56 Å². The number of hydrogen-bond donors (Lipinski definition) is 1. The quantitative estimate of drug-likeness (QED) is 0.463. The lowest BCUT2D eigenvalue weighted by Gasteiger charge is -2.20. The van der Waals surface area contributed by atoms with Gasteiger partial charge in [-0.2, -0.15) is 0 Å². The van der Waals surface area contributed by atoms with Gasteiger partial charge in [0.15, 0.2) is 6.61 Å². The lowest BCUT2D eigenvalue weighted by atomic mass is 10.2. The van der Waals surface area contributed by atoms with E-state index in [4.69, 9.17) is 21.1 Å². The van der Waals surface area contributed by atoms with Gasteiger partial charge in [-0.05, 0) is 80.1 Å². The van der Waals surface area contributed by atoms with Crippen LogP contribution in [0.2, 0.25) is 5.02 Å². The van der Waals surface area contributed by atoms with E-state index in [2.05, 4.69) is 5.32 Å². The van der Waals surface area contributed by atoms with Crippen LogP contribution in [-0.4, -0.2) is 34.6 Å². The Kier molecular flexibility index (Phi) is 7.84. The molecule has 7 nitrogen and oxygen atoms in total. The van der Waals surface area contributed by atoms with Crippen LogP contribution in [0.3, 0.4) is 0 Å². The Bertz CT molecular complexity index is 1210. The first-order valence-corrected chi connectivity index (χ1v) is 12.0. The van der Waals surface area contributed by atoms with E-state index < -0.39 is 10.0 Å². The van der Waals surface area contributed by atoms with E-state index in [0.29, 0.717) is 34.5 Å². The number of nitrogens with one attached hydrogen (secondary N) is 1. The van der Waals surface area contributed by atoms with Gasteiger partial charge in [-0.1, -0.05) is 17.7 Å². The standard InChI is InChI=1S/C24H25ClN2O5S/c1-4-31-20-11-13-22(14-12-20)33(29,30)27(3)19-7-9-21(10-8-19)32-16-24(28)26-23-15-18(25)6-5-17(23)2/h5-15H,4,16H2,1-3H3,(H,26,28). The fourth-order valence-electron chi connectivity index (χ4n) is 2.99. The normalized spacial score (nSPS) is 11.0. The maximum atomic E-state index is 12.9. The lowest BCUT2D eigenvalue weighted by molar-refractivity contribution is -0.118. The number of nitrogens with zero attached hydrogens (tertiary/aromatic N) is 1. The van der Waals surface area contributed by atoms with Crippen molar-refractivity contribution in [3.63, 3.8) is 0 Å². The number of rotatable bonds is 9. The zero-order valence-corrected chi connectivity index (χ0v) is 20.1. The van der Waals surface area contributed by atoms with Crippen LogP contribution >= 0.6 is 11.6 Å². The average Bonchev–Trinajstić information content (AvgIpc) is 2.80. The third-order valence-electron chi connectivity index (χ3n) is 4.84. The Morgan fingerprint density at radius 2 is 1.58 bits per heavy atom. The second-order valence-corrected chi connectivity index (χ2v) is 9.57. The van der Waals surface area contributed by atoms with Crippen molar-refractivity contribution in [3.05, 3.63) is 77.3 Å². The molecule has 0 unspecified atom stereocenters. The number of anilines is 2. The molecule has 33 heavy (non-hydrogen) atoms. The topological polar surface area (TPSA) is 84.9 Å². The van der Waals surface area contributed by atoms with Crippen molar-refractivity contribution >= 4 is 38.9 Å². The van der Waals surface area contributed by atoms with Crippen molar-refractivity contribution in [2.45, 2.75) is 18.7 Å². The summed E-state index contributed by atoms with van der Waals surface area (Å²) in [5.41, 5.74) is 1.96. The molecule has 1 N–H and O–H groups in total. The van der Waals surface area contributed by atoms with E-state index in [9.17, 15) is 13.2 Å². The van der Waals surface area contributed by atoms with Gasteiger partial charge < -0.3 is 14.8 Å². The van der Waals surface area contributed by atoms with Gasteiger partial charge >= 0.3 is 0 Å². The first kappa shape index (κ1) is 24.4. The number of hydrogen-bond acceptors (Lipinski definition) is 5. The Morgan fingerprint density at radius 3 is 2.21 bits per heavy atom. The van der Waals surface area contributed by atoms with Crippen LogP contribution in [0.5, 0.6) is 11.5 Å². The van der Waals surface area contributed by atoms with Gasteiger partial charge in [0.1, 0.15) is 11.5 Å². The number of halogens is 1. The summed E-state index contributed by atoms with van der Waals surface area (Å²) < 4.78 is 37.9. The molecule has 0 aliphatic heterocycles. The summed E-state index contributed by atoms with van der Waals surface area (Å²) in [6, 6.07) is 17.9. The molecule has 0 aliphatic carbocycles. The summed E-state index contributed by atoms with van der Waals surface area (Å²) in [6.07, 6.45) is 0. The fraction of sp³-hybridized carbons (Fsp3) is 0.208. The molecule has 0 bridgehead atoms. The first-order chi connectivity index (χ1) is 15.7. The molecule has 3 aromatic carbocycles. The minimum Gasteiger partial charge on any atom is -0.494 e. The maximum absolute atomic E-state index is 12.9. The van der Waals surface area contributed by atoms with Crippen LogP contribution in [-0.2, 0) is 14.8 Å². The lowest BCUT2D eigenvalue weighted by Crippen LogP contribution is -2.26. The van der Waals surface area contributed by atoms with Crippen molar-refractivity contribution < 1.29 is 22.7 Å². The predicted molar refractivity (Wildman–Crippen MR) is 130 cm³/mol. The van der Waals surface area contributed by atoms with Gasteiger partial charge in [0, 0.05) is 17.8 Å². The molecule has 1 amide bonds. The van der Waals surface area contributed by atoms with E-state index >= 15 is 0 Å². The van der Waals surface area contributed by atoms with E-state index in [1.807, 2.05) is 19.9 Å². The fourth-order valence-corrected chi connectivity index (χ4v) is 4.36. The molecular formula is C24H25ClN2O5S. The molecule has 174 valence electrons. The van der Waals surface area contributed by atoms with Crippen molar-refractivity contribution in [2.75, 3.05) is 29.9 Å². The third kappa shape index (κ3) is 6.18. The van der Waals surface area contributed by atoms with Crippen LogP contribution in [0.15, 0.2) is 71.6 Å². The largest absolute Gasteiger partial charge is 0.494 e. The van der Waals surface area contributed by atoms with Gasteiger partial charge in [-0.15, -0.1) is 0 Å². The molecule has 0 atom stereocenters.